The Morgan fingerprint density at radius 3 is 2.28 bits per heavy atom. The Balaban J connectivity index is 1.60. The molecule has 0 saturated carbocycles. The van der Waals surface area contributed by atoms with Crippen LogP contribution < -0.4 is 9.47 Å². The smallest absolute Gasteiger partial charge is 0.305 e. The van der Waals surface area contributed by atoms with Crippen molar-refractivity contribution in [1.82, 2.24) is 4.90 Å². The van der Waals surface area contributed by atoms with E-state index in [-0.39, 0.29) is 31.1 Å². The van der Waals surface area contributed by atoms with Gasteiger partial charge in [0.1, 0.15) is 6.61 Å². The molecule has 0 atom stereocenters. The van der Waals surface area contributed by atoms with Crippen molar-refractivity contribution in [2.24, 2.45) is 0 Å². The SMILES string of the molecule is COc1cc(C2C3=C(CCCC3=O)N(CCC(=O)O)C3=C2C(=O)CCC3)cc(Br)c1OCc1ccccc1Cl. The standard InChI is InChI=1S/C30H29BrClNO6/c1-38-25-15-18(14-19(31)30(25)39-16-17-6-2-3-7-20(17)32)27-28-21(8-4-10-23(28)34)33(13-12-26(36)37)22-9-5-11-24(35)29(22)27/h2-3,6-7,14-15,27H,4-5,8-13,16H2,1H3,(H,36,37). The Morgan fingerprint density at radius 2 is 1.69 bits per heavy atom. The molecule has 204 valence electrons. The first kappa shape index (κ1) is 27.5. The maximum atomic E-state index is 13.5. The Kier molecular flexibility index (Phi) is 8.14. The van der Waals surface area contributed by atoms with E-state index in [2.05, 4.69) is 15.9 Å². The number of carboxylic acid groups (broad SMARTS) is 1. The number of carboxylic acids is 1. The summed E-state index contributed by atoms with van der Waals surface area (Å²) >= 11 is 9.95. The minimum absolute atomic E-state index is 0.000587. The third-order valence-corrected chi connectivity index (χ3v) is 8.51. The molecule has 5 rings (SSSR count). The first-order chi connectivity index (χ1) is 18.8. The van der Waals surface area contributed by atoms with Gasteiger partial charge in [-0.3, -0.25) is 14.4 Å². The van der Waals surface area contributed by atoms with Crippen molar-refractivity contribution in [2.45, 2.75) is 57.5 Å². The zero-order valence-corrected chi connectivity index (χ0v) is 23.9. The van der Waals surface area contributed by atoms with Crippen molar-refractivity contribution in [3.63, 3.8) is 0 Å². The number of ketones is 2. The first-order valence-electron chi connectivity index (χ1n) is 13.1. The highest BCUT2D eigenvalue weighted by atomic mass is 79.9. The lowest BCUT2D eigenvalue weighted by atomic mass is 9.71. The molecule has 1 heterocycles. The summed E-state index contributed by atoms with van der Waals surface area (Å²) in [6.45, 7) is 0.472. The second-order valence-corrected chi connectivity index (χ2v) is 11.2. The average molecular weight is 615 g/mol. The monoisotopic (exact) mass is 613 g/mol. The van der Waals surface area contributed by atoms with Gasteiger partial charge in [0.15, 0.2) is 23.1 Å². The van der Waals surface area contributed by atoms with Gasteiger partial charge >= 0.3 is 5.97 Å². The highest BCUT2D eigenvalue weighted by molar-refractivity contribution is 9.10. The molecule has 1 aliphatic heterocycles. The van der Waals surface area contributed by atoms with Gasteiger partial charge < -0.3 is 19.5 Å². The van der Waals surface area contributed by atoms with E-state index in [4.69, 9.17) is 21.1 Å². The molecule has 0 bridgehead atoms. The Hall–Kier alpha value is -3.10. The van der Waals surface area contributed by atoms with E-state index in [1.165, 1.54) is 0 Å². The lowest BCUT2D eigenvalue weighted by molar-refractivity contribution is -0.137. The Morgan fingerprint density at radius 1 is 1.05 bits per heavy atom. The van der Waals surface area contributed by atoms with Crippen molar-refractivity contribution < 1.29 is 29.0 Å². The summed E-state index contributed by atoms with van der Waals surface area (Å²) in [7, 11) is 1.55. The average Bonchev–Trinajstić information content (AvgIpc) is 2.91. The number of aliphatic carboxylic acids is 1. The fraction of sp³-hybridized carbons (Fsp3) is 0.367. The van der Waals surface area contributed by atoms with Gasteiger partial charge in [-0.2, -0.15) is 0 Å². The number of methoxy groups -OCH3 is 1. The van der Waals surface area contributed by atoms with Gasteiger partial charge in [-0.1, -0.05) is 29.8 Å². The molecule has 0 fully saturated rings. The molecule has 0 saturated heterocycles. The zero-order valence-electron chi connectivity index (χ0n) is 21.6. The molecular weight excluding hydrogens is 586 g/mol. The molecular formula is C30H29BrClNO6. The Labute approximate surface area is 240 Å². The quantitative estimate of drug-likeness (QED) is 0.359. The van der Waals surface area contributed by atoms with Gasteiger partial charge in [0.25, 0.3) is 0 Å². The lowest BCUT2D eigenvalue weighted by Crippen LogP contribution is -2.39. The van der Waals surface area contributed by atoms with Crippen LogP contribution in [0, 0.1) is 0 Å². The molecule has 0 radical (unpaired) electrons. The molecule has 1 N–H and O–H groups in total. The van der Waals surface area contributed by atoms with Gasteiger partial charge in [0, 0.05) is 58.4 Å². The highest BCUT2D eigenvalue weighted by Crippen LogP contribution is 2.51. The number of allylic oxidation sites excluding steroid dienone is 4. The van der Waals surface area contributed by atoms with Crippen LogP contribution in [0.3, 0.4) is 0 Å². The third kappa shape index (κ3) is 5.37. The second kappa shape index (κ2) is 11.6. The largest absolute Gasteiger partial charge is 0.493 e. The number of carbonyl (C=O) groups is 3. The van der Waals surface area contributed by atoms with E-state index in [9.17, 15) is 19.5 Å². The molecule has 0 aromatic heterocycles. The van der Waals surface area contributed by atoms with Crippen LogP contribution in [0.4, 0.5) is 0 Å². The summed E-state index contributed by atoms with van der Waals surface area (Å²) in [5.41, 5.74) is 4.47. The molecule has 0 amide bonds. The molecule has 3 aliphatic rings. The topological polar surface area (TPSA) is 93.1 Å². The molecule has 9 heteroatoms. The number of hydrogen-bond acceptors (Lipinski definition) is 6. The number of Topliss-reactive ketones (excluding diaryl/α,β-unsaturated/α-hetero) is 2. The van der Waals surface area contributed by atoms with Crippen molar-refractivity contribution in [3.8, 4) is 11.5 Å². The van der Waals surface area contributed by atoms with Crippen molar-refractivity contribution in [3.05, 3.63) is 79.6 Å². The number of halogens is 2. The minimum atomic E-state index is -0.910. The predicted octanol–water partition coefficient (Wildman–Crippen LogP) is 6.58. The van der Waals surface area contributed by atoms with Gasteiger partial charge in [-0.15, -0.1) is 0 Å². The van der Waals surface area contributed by atoms with E-state index in [0.717, 1.165) is 22.5 Å². The summed E-state index contributed by atoms with van der Waals surface area (Å²) in [4.78, 5) is 40.3. The number of ether oxygens (including phenoxy) is 2. The normalized spacial score (nSPS) is 17.8. The van der Waals surface area contributed by atoms with E-state index in [1.54, 1.807) is 13.2 Å². The number of hydrogen-bond donors (Lipinski definition) is 1. The van der Waals surface area contributed by atoms with Crippen molar-refractivity contribution in [2.75, 3.05) is 13.7 Å². The minimum Gasteiger partial charge on any atom is -0.493 e. The van der Waals surface area contributed by atoms with Gasteiger partial charge in [0.05, 0.1) is 18.0 Å². The fourth-order valence-corrected chi connectivity index (χ4v) is 6.60. The van der Waals surface area contributed by atoms with E-state index in [0.29, 0.717) is 70.7 Å². The Bertz CT molecular complexity index is 1370. The summed E-state index contributed by atoms with van der Waals surface area (Å²) in [5.74, 6) is -0.489. The maximum Gasteiger partial charge on any atom is 0.305 e. The molecule has 2 aromatic rings. The van der Waals surface area contributed by atoms with Crippen molar-refractivity contribution >= 4 is 45.1 Å². The van der Waals surface area contributed by atoms with Crippen molar-refractivity contribution in [1.29, 1.82) is 0 Å². The summed E-state index contributed by atoms with van der Waals surface area (Å²) < 4.78 is 12.5. The summed E-state index contributed by atoms with van der Waals surface area (Å²) in [6.07, 6.45) is 3.46. The predicted molar refractivity (Wildman–Crippen MR) is 150 cm³/mol. The zero-order chi connectivity index (χ0) is 27.7. The van der Waals surface area contributed by atoms with E-state index in [1.807, 2.05) is 35.2 Å². The molecule has 7 nitrogen and oxygen atoms in total. The summed E-state index contributed by atoms with van der Waals surface area (Å²) in [5, 5.41) is 9.99. The van der Waals surface area contributed by atoms with E-state index >= 15 is 0 Å². The second-order valence-electron chi connectivity index (χ2n) is 9.92. The van der Waals surface area contributed by atoms with Gasteiger partial charge in [-0.25, -0.2) is 0 Å². The van der Waals surface area contributed by atoms with Gasteiger partial charge in [-0.05, 0) is 65.4 Å². The number of nitrogens with zero attached hydrogens (tertiary/aromatic N) is 1. The van der Waals surface area contributed by atoms with Crippen LogP contribution in [0.2, 0.25) is 5.02 Å². The fourth-order valence-electron chi connectivity index (χ4n) is 5.84. The molecule has 2 aliphatic carbocycles. The van der Waals surface area contributed by atoms with Crippen LogP contribution in [-0.4, -0.2) is 41.2 Å². The molecule has 0 spiro atoms. The van der Waals surface area contributed by atoms with Crippen LogP contribution in [0.5, 0.6) is 11.5 Å². The molecule has 0 unspecified atom stereocenters. The third-order valence-electron chi connectivity index (χ3n) is 7.55. The maximum absolute atomic E-state index is 13.5. The molecule has 39 heavy (non-hydrogen) atoms. The number of carbonyl (C=O) groups excluding carboxylic acids is 2. The number of benzene rings is 2. The van der Waals surface area contributed by atoms with Crippen LogP contribution in [0.25, 0.3) is 0 Å². The van der Waals surface area contributed by atoms with E-state index < -0.39 is 11.9 Å². The van der Waals surface area contributed by atoms with Crippen LogP contribution in [0.1, 0.15) is 62.0 Å². The molecule has 2 aromatic carbocycles. The highest BCUT2D eigenvalue weighted by Gasteiger charge is 2.43. The number of rotatable bonds is 8. The van der Waals surface area contributed by atoms with Crippen LogP contribution >= 0.6 is 27.5 Å². The summed E-state index contributed by atoms with van der Waals surface area (Å²) in [6, 6.07) is 11.2. The van der Waals surface area contributed by atoms with Crippen LogP contribution in [-0.2, 0) is 21.0 Å². The van der Waals surface area contributed by atoms with Crippen LogP contribution in [0.15, 0.2) is 63.4 Å². The lowest BCUT2D eigenvalue weighted by Gasteiger charge is -2.44. The first-order valence-corrected chi connectivity index (χ1v) is 14.2. The van der Waals surface area contributed by atoms with Gasteiger partial charge in [0.2, 0.25) is 0 Å².